The Morgan fingerprint density at radius 2 is 1.88 bits per heavy atom. The van der Waals surface area contributed by atoms with E-state index >= 15 is 0 Å². The number of aromatic nitrogens is 2. The van der Waals surface area contributed by atoms with E-state index in [1.54, 1.807) is 0 Å². The SMILES string of the molecule is CCC(C)(C)Nc1cc(C(F)(F)F)nc(N)n1. The first-order valence-corrected chi connectivity index (χ1v) is 5.14. The zero-order valence-electron chi connectivity index (χ0n) is 9.89. The van der Waals surface area contributed by atoms with E-state index in [-0.39, 0.29) is 11.4 Å². The Hall–Kier alpha value is -1.53. The van der Waals surface area contributed by atoms with Crippen LogP contribution >= 0.6 is 0 Å². The molecule has 1 aromatic heterocycles. The molecule has 1 heterocycles. The molecule has 1 aromatic rings. The summed E-state index contributed by atoms with van der Waals surface area (Å²) in [4.78, 5) is 6.90. The van der Waals surface area contributed by atoms with Crippen LogP contribution in [0.25, 0.3) is 0 Å². The molecule has 17 heavy (non-hydrogen) atoms. The second-order valence-electron chi connectivity index (χ2n) is 4.36. The van der Waals surface area contributed by atoms with Crippen LogP contribution in [0.2, 0.25) is 0 Å². The summed E-state index contributed by atoms with van der Waals surface area (Å²) in [6.07, 6.45) is -3.79. The predicted octanol–water partition coefficient (Wildman–Crippen LogP) is 2.68. The number of hydrogen-bond donors (Lipinski definition) is 2. The van der Waals surface area contributed by atoms with Crippen LogP contribution < -0.4 is 11.1 Å². The van der Waals surface area contributed by atoms with E-state index in [9.17, 15) is 13.2 Å². The first kappa shape index (κ1) is 13.5. The molecule has 0 aliphatic rings. The standard InChI is InChI=1S/C10H15F3N4/c1-4-9(2,3)17-7-5-6(10(11,12)13)15-8(14)16-7/h5H,4H2,1-3H3,(H3,14,15,16,17). The smallest absolute Gasteiger partial charge is 0.368 e. The topological polar surface area (TPSA) is 63.8 Å². The molecule has 0 radical (unpaired) electrons. The fourth-order valence-electron chi connectivity index (χ4n) is 1.11. The van der Waals surface area contributed by atoms with E-state index in [1.807, 2.05) is 20.8 Å². The minimum absolute atomic E-state index is 0.0803. The minimum atomic E-state index is -4.52. The summed E-state index contributed by atoms with van der Waals surface area (Å²) in [5.41, 5.74) is 3.85. The summed E-state index contributed by atoms with van der Waals surface area (Å²) in [5.74, 6) is -0.314. The molecule has 0 saturated heterocycles. The summed E-state index contributed by atoms with van der Waals surface area (Å²) in [7, 11) is 0. The maximum Gasteiger partial charge on any atom is 0.433 e. The van der Waals surface area contributed by atoms with Gasteiger partial charge in [-0.25, -0.2) is 4.98 Å². The van der Waals surface area contributed by atoms with Gasteiger partial charge < -0.3 is 11.1 Å². The molecule has 0 amide bonds. The van der Waals surface area contributed by atoms with Crippen LogP contribution in [0.3, 0.4) is 0 Å². The summed E-state index contributed by atoms with van der Waals surface area (Å²) >= 11 is 0. The largest absolute Gasteiger partial charge is 0.433 e. The van der Waals surface area contributed by atoms with Crippen LogP contribution in [0.15, 0.2) is 6.07 Å². The van der Waals surface area contributed by atoms with Crippen LogP contribution in [-0.4, -0.2) is 15.5 Å². The third kappa shape index (κ3) is 3.76. The van der Waals surface area contributed by atoms with E-state index in [4.69, 9.17) is 5.73 Å². The van der Waals surface area contributed by atoms with Gasteiger partial charge in [-0.05, 0) is 20.3 Å². The van der Waals surface area contributed by atoms with E-state index in [0.29, 0.717) is 0 Å². The highest BCUT2D eigenvalue weighted by atomic mass is 19.4. The monoisotopic (exact) mass is 248 g/mol. The lowest BCUT2D eigenvalue weighted by Crippen LogP contribution is -2.30. The van der Waals surface area contributed by atoms with Gasteiger partial charge in [0.25, 0.3) is 0 Å². The van der Waals surface area contributed by atoms with Crippen molar-refractivity contribution in [2.45, 2.75) is 38.9 Å². The third-order valence-corrected chi connectivity index (χ3v) is 2.38. The molecule has 0 saturated carbocycles. The second kappa shape index (κ2) is 4.38. The molecule has 0 aliphatic heterocycles. The molecule has 96 valence electrons. The molecule has 0 atom stereocenters. The molecule has 7 heteroatoms. The van der Waals surface area contributed by atoms with E-state index in [1.165, 1.54) is 0 Å². The van der Waals surface area contributed by atoms with Gasteiger partial charge >= 0.3 is 6.18 Å². The maximum absolute atomic E-state index is 12.5. The quantitative estimate of drug-likeness (QED) is 0.863. The lowest BCUT2D eigenvalue weighted by Gasteiger charge is -2.25. The number of nitrogen functional groups attached to an aromatic ring is 1. The lowest BCUT2D eigenvalue weighted by molar-refractivity contribution is -0.141. The average Bonchev–Trinajstić information content (AvgIpc) is 2.14. The fraction of sp³-hybridized carbons (Fsp3) is 0.600. The van der Waals surface area contributed by atoms with Crippen LogP contribution in [0.4, 0.5) is 24.9 Å². The minimum Gasteiger partial charge on any atom is -0.368 e. The number of hydrogen-bond acceptors (Lipinski definition) is 4. The normalized spacial score (nSPS) is 12.6. The van der Waals surface area contributed by atoms with Crippen molar-refractivity contribution in [2.24, 2.45) is 0 Å². The van der Waals surface area contributed by atoms with Crippen molar-refractivity contribution in [3.8, 4) is 0 Å². The summed E-state index contributed by atoms with van der Waals surface area (Å²) < 4.78 is 37.5. The Labute approximate surface area is 97.4 Å². The molecule has 3 N–H and O–H groups in total. The molecule has 0 aliphatic carbocycles. The summed E-state index contributed by atoms with van der Waals surface area (Å²) in [6, 6.07) is 0.855. The molecule has 0 spiro atoms. The maximum atomic E-state index is 12.5. The number of halogens is 3. The number of nitrogens with zero attached hydrogens (tertiary/aromatic N) is 2. The Kier molecular flexibility index (Phi) is 3.49. The Bertz CT molecular complexity index is 401. The number of nitrogens with one attached hydrogen (secondary N) is 1. The van der Waals surface area contributed by atoms with Crippen LogP contribution in [-0.2, 0) is 6.18 Å². The van der Waals surface area contributed by atoms with Gasteiger partial charge in [0.05, 0.1) is 0 Å². The Morgan fingerprint density at radius 3 is 2.35 bits per heavy atom. The molecular formula is C10H15F3N4. The van der Waals surface area contributed by atoms with Gasteiger partial charge in [0.2, 0.25) is 5.95 Å². The summed E-state index contributed by atoms with van der Waals surface area (Å²) in [5, 5.41) is 2.89. The Balaban J connectivity index is 3.06. The molecule has 0 bridgehead atoms. The number of alkyl halides is 3. The highest BCUT2D eigenvalue weighted by Gasteiger charge is 2.33. The van der Waals surface area contributed by atoms with Crippen molar-refractivity contribution in [1.82, 2.24) is 9.97 Å². The molecule has 0 fully saturated rings. The van der Waals surface area contributed by atoms with E-state index in [2.05, 4.69) is 15.3 Å². The van der Waals surface area contributed by atoms with Gasteiger partial charge in [-0.3, -0.25) is 0 Å². The average molecular weight is 248 g/mol. The van der Waals surface area contributed by atoms with E-state index in [0.717, 1.165) is 12.5 Å². The molecule has 4 nitrogen and oxygen atoms in total. The van der Waals surface area contributed by atoms with Crippen molar-refractivity contribution in [1.29, 1.82) is 0 Å². The zero-order valence-corrected chi connectivity index (χ0v) is 9.89. The van der Waals surface area contributed by atoms with Gasteiger partial charge in [0.15, 0.2) is 5.69 Å². The highest BCUT2D eigenvalue weighted by molar-refractivity contribution is 5.43. The van der Waals surface area contributed by atoms with Gasteiger partial charge in [0, 0.05) is 11.6 Å². The lowest BCUT2D eigenvalue weighted by atomic mass is 10.0. The van der Waals surface area contributed by atoms with Crippen LogP contribution in [0, 0.1) is 0 Å². The number of rotatable bonds is 3. The van der Waals surface area contributed by atoms with Gasteiger partial charge in [-0.1, -0.05) is 6.92 Å². The molecular weight excluding hydrogens is 233 g/mol. The fourth-order valence-corrected chi connectivity index (χ4v) is 1.11. The third-order valence-electron chi connectivity index (χ3n) is 2.38. The highest BCUT2D eigenvalue weighted by Crippen LogP contribution is 2.30. The summed E-state index contributed by atoms with van der Waals surface area (Å²) in [6.45, 7) is 5.64. The molecule has 0 unspecified atom stereocenters. The predicted molar refractivity (Wildman–Crippen MR) is 59.4 cm³/mol. The molecule has 1 rings (SSSR count). The van der Waals surface area contributed by atoms with Gasteiger partial charge in [0.1, 0.15) is 5.82 Å². The van der Waals surface area contributed by atoms with Crippen molar-refractivity contribution < 1.29 is 13.2 Å². The van der Waals surface area contributed by atoms with Gasteiger partial charge in [-0.2, -0.15) is 18.2 Å². The van der Waals surface area contributed by atoms with Gasteiger partial charge in [-0.15, -0.1) is 0 Å². The van der Waals surface area contributed by atoms with E-state index < -0.39 is 17.8 Å². The number of nitrogens with two attached hydrogens (primary N) is 1. The zero-order chi connectivity index (χ0) is 13.3. The number of anilines is 2. The van der Waals surface area contributed by atoms with Crippen molar-refractivity contribution in [2.75, 3.05) is 11.1 Å². The first-order valence-electron chi connectivity index (χ1n) is 5.14. The van der Waals surface area contributed by atoms with Crippen molar-refractivity contribution in [3.63, 3.8) is 0 Å². The van der Waals surface area contributed by atoms with Crippen molar-refractivity contribution >= 4 is 11.8 Å². The molecule has 0 aromatic carbocycles. The van der Waals surface area contributed by atoms with Crippen LogP contribution in [0.1, 0.15) is 32.9 Å². The van der Waals surface area contributed by atoms with Crippen molar-refractivity contribution in [3.05, 3.63) is 11.8 Å². The van der Waals surface area contributed by atoms with Crippen LogP contribution in [0.5, 0.6) is 0 Å². The first-order chi connectivity index (χ1) is 7.64. The Morgan fingerprint density at radius 1 is 1.29 bits per heavy atom. The second-order valence-corrected chi connectivity index (χ2v) is 4.36.